The molecule has 0 spiro atoms. The first-order valence-corrected chi connectivity index (χ1v) is 14.0. The van der Waals surface area contributed by atoms with Gasteiger partial charge in [0.15, 0.2) is 0 Å². The van der Waals surface area contributed by atoms with Crippen molar-refractivity contribution in [3.8, 4) is 0 Å². The Morgan fingerprint density at radius 1 is 0.636 bits per heavy atom. The molecule has 33 heavy (non-hydrogen) atoms. The van der Waals surface area contributed by atoms with E-state index in [4.69, 9.17) is 9.47 Å². The maximum atomic E-state index is 12.3. The summed E-state index contributed by atoms with van der Waals surface area (Å²) in [6.45, 7) is 6.42. The van der Waals surface area contributed by atoms with Crippen molar-refractivity contribution >= 4 is 11.9 Å². The predicted molar refractivity (Wildman–Crippen MR) is 136 cm³/mol. The Balaban J connectivity index is 3.93. The average molecular weight is 471 g/mol. The van der Waals surface area contributed by atoms with Gasteiger partial charge in [-0.1, -0.05) is 104 Å². The molecule has 0 aliphatic carbocycles. The SMILES string of the molecule is CCCCCCCCCCC(=O)OCCC(C)(CCO)OC(=O)CCCCCCCCCC. The average Bonchev–Trinajstić information content (AvgIpc) is 2.77. The van der Waals surface area contributed by atoms with E-state index in [1.165, 1.54) is 77.0 Å². The first-order valence-electron chi connectivity index (χ1n) is 14.0. The van der Waals surface area contributed by atoms with Crippen LogP contribution < -0.4 is 0 Å². The van der Waals surface area contributed by atoms with Crippen LogP contribution >= 0.6 is 0 Å². The van der Waals surface area contributed by atoms with Gasteiger partial charge in [0.05, 0.1) is 6.61 Å². The van der Waals surface area contributed by atoms with Crippen LogP contribution in [0, 0.1) is 0 Å². The van der Waals surface area contributed by atoms with E-state index in [-0.39, 0.29) is 25.2 Å². The van der Waals surface area contributed by atoms with Crippen molar-refractivity contribution < 1.29 is 24.2 Å². The van der Waals surface area contributed by atoms with E-state index < -0.39 is 5.60 Å². The maximum Gasteiger partial charge on any atom is 0.306 e. The maximum absolute atomic E-state index is 12.3. The molecule has 0 amide bonds. The van der Waals surface area contributed by atoms with Crippen molar-refractivity contribution in [1.82, 2.24) is 0 Å². The highest BCUT2D eigenvalue weighted by atomic mass is 16.6. The summed E-state index contributed by atoms with van der Waals surface area (Å²) >= 11 is 0. The Bertz CT molecular complexity index is 465. The van der Waals surface area contributed by atoms with Gasteiger partial charge in [0.2, 0.25) is 0 Å². The van der Waals surface area contributed by atoms with Gasteiger partial charge in [-0.15, -0.1) is 0 Å². The molecule has 0 saturated heterocycles. The van der Waals surface area contributed by atoms with Crippen LogP contribution in [0.3, 0.4) is 0 Å². The number of hydrogen-bond donors (Lipinski definition) is 1. The van der Waals surface area contributed by atoms with Crippen LogP contribution in [0.2, 0.25) is 0 Å². The molecule has 0 radical (unpaired) electrons. The fraction of sp³-hybridized carbons (Fsp3) is 0.929. The number of carbonyl (C=O) groups excluding carboxylic acids is 2. The highest BCUT2D eigenvalue weighted by Gasteiger charge is 2.28. The summed E-state index contributed by atoms with van der Waals surface area (Å²) in [7, 11) is 0. The van der Waals surface area contributed by atoms with Crippen LogP contribution in [0.25, 0.3) is 0 Å². The van der Waals surface area contributed by atoms with Crippen molar-refractivity contribution in [3.63, 3.8) is 0 Å². The lowest BCUT2D eigenvalue weighted by molar-refractivity contribution is -0.162. The number of esters is 2. The van der Waals surface area contributed by atoms with Crippen LogP contribution in [0.15, 0.2) is 0 Å². The van der Waals surface area contributed by atoms with Crippen LogP contribution in [0.5, 0.6) is 0 Å². The van der Waals surface area contributed by atoms with Crippen molar-refractivity contribution in [3.05, 3.63) is 0 Å². The minimum Gasteiger partial charge on any atom is -0.466 e. The highest BCUT2D eigenvalue weighted by molar-refractivity contribution is 5.70. The molecule has 0 saturated carbocycles. The molecule has 0 aromatic rings. The molecule has 196 valence electrons. The van der Waals surface area contributed by atoms with Crippen molar-refractivity contribution in [2.45, 2.75) is 155 Å². The molecular weight excluding hydrogens is 416 g/mol. The molecule has 1 atom stereocenters. The smallest absolute Gasteiger partial charge is 0.306 e. The zero-order chi connectivity index (χ0) is 24.6. The van der Waals surface area contributed by atoms with Gasteiger partial charge in [0.1, 0.15) is 5.60 Å². The van der Waals surface area contributed by atoms with Gasteiger partial charge in [0, 0.05) is 32.3 Å². The first-order chi connectivity index (χ1) is 16.0. The summed E-state index contributed by atoms with van der Waals surface area (Å²) < 4.78 is 11.0. The molecule has 0 aliphatic heterocycles. The van der Waals surface area contributed by atoms with Gasteiger partial charge in [-0.2, -0.15) is 0 Å². The molecule has 0 aromatic heterocycles. The first kappa shape index (κ1) is 31.9. The van der Waals surface area contributed by atoms with Gasteiger partial charge < -0.3 is 14.6 Å². The van der Waals surface area contributed by atoms with Gasteiger partial charge in [-0.3, -0.25) is 9.59 Å². The van der Waals surface area contributed by atoms with Gasteiger partial charge in [-0.25, -0.2) is 0 Å². The summed E-state index contributed by atoms with van der Waals surface area (Å²) in [5.41, 5.74) is -0.787. The number of aliphatic hydroxyl groups is 1. The molecule has 0 fully saturated rings. The third-order valence-corrected chi connectivity index (χ3v) is 6.36. The van der Waals surface area contributed by atoms with E-state index in [2.05, 4.69) is 13.8 Å². The number of hydrogen-bond acceptors (Lipinski definition) is 5. The molecule has 0 rings (SSSR count). The van der Waals surface area contributed by atoms with E-state index >= 15 is 0 Å². The van der Waals surface area contributed by atoms with Gasteiger partial charge in [0.25, 0.3) is 0 Å². The Kier molecular flexibility index (Phi) is 21.9. The monoisotopic (exact) mass is 470 g/mol. The molecule has 0 aliphatic rings. The highest BCUT2D eigenvalue weighted by Crippen LogP contribution is 2.22. The number of unbranched alkanes of at least 4 members (excludes halogenated alkanes) is 14. The molecular formula is C28H54O5. The van der Waals surface area contributed by atoms with E-state index in [0.29, 0.717) is 25.7 Å². The quantitative estimate of drug-likeness (QED) is 0.116. The number of aliphatic hydroxyl groups excluding tert-OH is 1. The lowest BCUT2D eigenvalue weighted by atomic mass is 9.98. The zero-order valence-corrected chi connectivity index (χ0v) is 22.1. The lowest BCUT2D eigenvalue weighted by Gasteiger charge is -2.29. The molecule has 0 aromatic carbocycles. The van der Waals surface area contributed by atoms with E-state index in [1.807, 2.05) is 6.92 Å². The van der Waals surface area contributed by atoms with Gasteiger partial charge in [-0.05, 0) is 19.8 Å². The van der Waals surface area contributed by atoms with E-state index in [1.54, 1.807) is 0 Å². The number of ether oxygens (including phenoxy) is 2. The standard InChI is InChI=1S/C28H54O5/c1-4-6-8-10-12-14-16-18-20-26(30)32-25-23-28(3,22-24-29)33-27(31)21-19-17-15-13-11-9-7-5-2/h29H,4-25H2,1-3H3. The molecule has 5 heteroatoms. The largest absolute Gasteiger partial charge is 0.466 e. The van der Waals surface area contributed by atoms with Crippen LogP contribution in [0.1, 0.15) is 149 Å². The van der Waals surface area contributed by atoms with Crippen molar-refractivity contribution in [1.29, 1.82) is 0 Å². The molecule has 1 N–H and O–H groups in total. The Morgan fingerprint density at radius 2 is 1.06 bits per heavy atom. The summed E-state index contributed by atoms with van der Waals surface area (Å²) in [6.07, 6.45) is 20.6. The third-order valence-electron chi connectivity index (χ3n) is 6.36. The zero-order valence-electron chi connectivity index (χ0n) is 22.1. The normalized spacial score (nSPS) is 13.0. The molecule has 5 nitrogen and oxygen atoms in total. The lowest BCUT2D eigenvalue weighted by Crippen LogP contribution is -2.34. The summed E-state index contributed by atoms with van der Waals surface area (Å²) in [6, 6.07) is 0. The summed E-state index contributed by atoms with van der Waals surface area (Å²) in [5.74, 6) is -0.403. The fourth-order valence-electron chi connectivity index (χ4n) is 4.05. The number of rotatable bonds is 24. The minimum atomic E-state index is -0.787. The van der Waals surface area contributed by atoms with E-state index in [9.17, 15) is 14.7 Å². The van der Waals surface area contributed by atoms with Crippen LogP contribution in [-0.2, 0) is 19.1 Å². The topological polar surface area (TPSA) is 72.8 Å². The second kappa shape index (κ2) is 22.7. The Labute approximate surface area is 204 Å². The van der Waals surface area contributed by atoms with Crippen molar-refractivity contribution in [2.75, 3.05) is 13.2 Å². The molecule has 0 heterocycles. The number of carbonyl (C=O) groups is 2. The van der Waals surface area contributed by atoms with Crippen LogP contribution in [0.4, 0.5) is 0 Å². The second-order valence-corrected chi connectivity index (χ2v) is 9.82. The van der Waals surface area contributed by atoms with E-state index in [0.717, 1.165) is 25.7 Å². The summed E-state index contributed by atoms with van der Waals surface area (Å²) in [5, 5.41) is 9.39. The fourth-order valence-corrected chi connectivity index (χ4v) is 4.05. The van der Waals surface area contributed by atoms with Crippen LogP contribution in [-0.4, -0.2) is 35.9 Å². The summed E-state index contributed by atoms with van der Waals surface area (Å²) in [4.78, 5) is 24.3. The molecule has 1 unspecified atom stereocenters. The predicted octanol–water partition coefficient (Wildman–Crippen LogP) is 7.67. The third kappa shape index (κ3) is 21.2. The Morgan fingerprint density at radius 3 is 1.52 bits per heavy atom. The van der Waals surface area contributed by atoms with Crippen molar-refractivity contribution in [2.24, 2.45) is 0 Å². The Hall–Kier alpha value is -1.10. The second-order valence-electron chi connectivity index (χ2n) is 9.82. The minimum absolute atomic E-state index is 0.0618. The van der Waals surface area contributed by atoms with Gasteiger partial charge >= 0.3 is 11.9 Å². The molecule has 0 bridgehead atoms.